The van der Waals surface area contributed by atoms with E-state index in [0.717, 1.165) is 12.1 Å². The van der Waals surface area contributed by atoms with Gasteiger partial charge in [-0.1, -0.05) is 31.6 Å². The first kappa shape index (κ1) is 25.9. The Bertz CT molecular complexity index is 1140. The molecule has 2 aromatic rings. The summed E-state index contributed by atoms with van der Waals surface area (Å²) in [6.07, 6.45) is -5.05. The number of carbonyl (C=O) groups excluding carboxylic acids is 1. The monoisotopic (exact) mass is 513 g/mol. The summed E-state index contributed by atoms with van der Waals surface area (Å²) in [5.41, 5.74) is -4.87. The van der Waals surface area contributed by atoms with Crippen LogP contribution in [-0.2, 0) is 20.8 Å². The van der Waals surface area contributed by atoms with Gasteiger partial charge in [0.15, 0.2) is 15.4 Å². The molecule has 0 heterocycles. The third kappa shape index (κ3) is 6.10. The Kier molecular flexibility index (Phi) is 5.70. The fourth-order valence-electron chi connectivity index (χ4n) is 2.55. The number of sulfone groups is 1. The van der Waals surface area contributed by atoms with Gasteiger partial charge in [-0.25, -0.2) is 8.42 Å². The number of hydrogen-bond donors (Lipinski definition) is 2. The number of rotatable bonds is 6. The van der Waals surface area contributed by atoms with Crippen molar-refractivity contribution in [1.82, 2.24) is 0 Å². The van der Waals surface area contributed by atoms with Gasteiger partial charge < -0.3 is 10.4 Å². The number of nitrogens with one attached hydrogen (secondary N) is 1. The largest absolute Gasteiger partial charge is 0.417 e. The molecule has 0 saturated carbocycles. The fraction of sp³-hybridized carbons (Fsp3) is 0.235. The molecule has 1 atom stereocenters. The summed E-state index contributed by atoms with van der Waals surface area (Å²) in [7, 11) is -14.9. The predicted octanol–water partition coefficient (Wildman–Crippen LogP) is 5.53. The van der Waals surface area contributed by atoms with Crippen molar-refractivity contribution in [2.45, 2.75) is 28.5 Å². The minimum atomic E-state index is -9.97. The Hall–Kier alpha value is -2.39. The van der Waals surface area contributed by atoms with E-state index in [4.69, 9.17) is 0 Å². The van der Waals surface area contributed by atoms with Crippen LogP contribution in [0.15, 0.2) is 58.3 Å². The standard InChI is InChI=1S/C17H15F8NO4S2/c1-16(28,10-31(29,30)14-5-3-2-4-13(14)17(18,19)20)15(27)26-11-6-8-12(9-7-11)32(21,22,23,24)25/h2-9,28H,10H2,1H3,(H,26,27). The zero-order chi connectivity index (χ0) is 24.9. The van der Waals surface area contributed by atoms with Crippen LogP contribution in [0.1, 0.15) is 12.5 Å². The van der Waals surface area contributed by atoms with Crippen molar-refractivity contribution in [3.05, 3.63) is 54.1 Å². The molecule has 0 spiro atoms. The van der Waals surface area contributed by atoms with Crippen molar-refractivity contribution in [2.75, 3.05) is 11.1 Å². The van der Waals surface area contributed by atoms with Crippen molar-refractivity contribution >= 4 is 31.7 Å². The molecule has 0 aromatic heterocycles. The highest BCUT2D eigenvalue weighted by Crippen LogP contribution is 3.02. The fourth-order valence-corrected chi connectivity index (χ4v) is 5.03. The van der Waals surface area contributed by atoms with Gasteiger partial charge in [0.1, 0.15) is 4.90 Å². The summed E-state index contributed by atoms with van der Waals surface area (Å²) in [5.74, 6) is -3.02. The van der Waals surface area contributed by atoms with Crippen molar-refractivity contribution in [3.8, 4) is 0 Å². The van der Waals surface area contributed by atoms with E-state index in [9.17, 15) is 50.9 Å². The first-order valence-corrected chi connectivity index (χ1v) is 11.9. The number of alkyl halides is 3. The first-order chi connectivity index (χ1) is 14.0. The van der Waals surface area contributed by atoms with Gasteiger partial charge in [-0.3, -0.25) is 4.79 Å². The number of carbonyl (C=O) groups is 1. The van der Waals surface area contributed by atoms with Crippen molar-refractivity contribution in [3.63, 3.8) is 0 Å². The van der Waals surface area contributed by atoms with Crippen LogP contribution < -0.4 is 5.32 Å². The molecular weight excluding hydrogens is 498 g/mol. The SMILES string of the molecule is CC(O)(CS(=O)(=O)c1ccccc1C(F)(F)F)C(=O)Nc1ccc(S(F)(F)(F)(F)F)cc1. The molecule has 1 amide bonds. The average molecular weight is 513 g/mol. The molecular formula is C17H15F8NO4S2. The minimum Gasteiger partial charge on any atom is -0.379 e. The van der Waals surface area contributed by atoms with Crippen LogP contribution in [0.25, 0.3) is 0 Å². The maximum atomic E-state index is 13.1. The molecule has 0 radical (unpaired) electrons. The molecule has 15 heteroatoms. The molecule has 2 N–H and O–H groups in total. The number of amides is 1. The molecule has 0 aliphatic heterocycles. The summed E-state index contributed by atoms with van der Waals surface area (Å²) >= 11 is 0. The molecule has 1 unspecified atom stereocenters. The quantitative estimate of drug-likeness (QED) is 0.498. The smallest absolute Gasteiger partial charge is 0.379 e. The lowest BCUT2D eigenvalue weighted by molar-refractivity contribution is -0.139. The van der Waals surface area contributed by atoms with E-state index in [0.29, 0.717) is 31.2 Å². The van der Waals surface area contributed by atoms with E-state index in [2.05, 4.69) is 0 Å². The van der Waals surface area contributed by atoms with Crippen molar-refractivity contribution in [2.24, 2.45) is 0 Å². The first-order valence-electron chi connectivity index (χ1n) is 8.30. The summed E-state index contributed by atoms with van der Waals surface area (Å²) in [6.45, 7) is 0.652. The molecule has 0 fully saturated rings. The van der Waals surface area contributed by atoms with Crippen molar-refractivity contribution < 1.29 is 50.9 Å². The Labute approximate surface area is 176 Å². The van der Waals surface area contributed by atoms with Crippen LogP contribution >= 0.6 is 10.2 Å². The summed E-state index contributed by atoms with van der Waals surface area (Å²) in [5, 5.41) is 12.1. The van der Waals surface area contributed by atoms with Crippen LogP contribution in [0.3, 0.4) is 0 Å². The molecule has 0 aliphatic rings. The van der Waals surface area contributed by atoms with Crippen LogP contribution in [0.4, 0.5) is 38.3 Å². The molecule has 0 saturated heterocycles. The van der Waals surface area contributed by atoms with Gasteiger partial charge in [0.2, 0.25) is 0 Å². The maximum absolute atomic E-state index is 13.1. The van der Waals surface area contributed by atoms with Gasteiger partial charge in [0.25, 0.3) is 5.91 Å². The van der Waals surface area contributed by atoms with Crippen LogP contribution in [-0.4, -0.2) is 30.8 Å². The molecule has 0 bridgehead atoms. The zero-order valence-electron chi connectivity index (χ0n) is 15.8. The highest BCUT2D eigenvalue weighted by Gasteiger charge is 2.65. The second kappa shape index (κ2) is 7.05. The molecule has 32 heavy (non-hydrogen) atoms. The maximum Gasteiger partial charge on any atom is 0.417 e. The van der Waals surface area contributed by atoms with E-state index >= 15 is 0 Å². The van der Waals surface area contributed by atoms with Gasteiger partial charge in [-0.2, -0.15) is 13.2 Å². The van der Waals surface area contributed by atoms with Gasteiger partial charge in [0, 0.05) is 5.69 Å². The Balaban J connectivity index is 2.27. The Morgan fingerprint density at radius 1 is 0.969 bits per heavy atom. The molecule has 0 aliphatic carbocycles. The van der Waals surface area contributed by atoms with Gasteiger partial charge in [-0.05, 0) is 43.3 Å². The van der Waals surface area contributed by atoms with Crippen LogP contribution in [0.2, 0.25) is 0 Å². The molecule has 2 rings (SSSR count). The van der Waals surface area contributed by atoms with E-state index in [-0.39, 0.29) is 12.1 Å². The third-order valence-corrected chi connectivity index (χ3v) is 7.18. The second-order valence-corrected chi connectivity index (χ2v) is 11.3. The lowest BCUT2D eigenvalue weighted by Gasteiger charge is -2.40. The van der Waals surface area contributed by atoms with Gasteiger partial charge >= 0.3 is 16.4 Å². The zero-order valence-corrected chi connectivity index (χ0v) is 17.5. The highest BCUT2D eigenvalue weighted by molar-refractivity contribution is 8.45. The summed E-state index contributed by atoms with van der Waals surface area (Å²) in [6, 6.07) is 3.88. The molecule has 180 valence electrons. The van der Waals surface area contributed by atoms with E-state index < -0.39 is 64.5 Å². The van der Waals surface area contributed by atoms with E-state index in [1.807, 2.05) is 5.32 Å². The Morgan fingerprint density at radius 2 is 1.47 bits per heavy atom. The third-order valence-electron chi connectivity index (χ3n) is 4.05. The topological polar surface area (TPSA) is 83.5 Å². The van der Waals surface area contributed by atoms with E-state index in [1.165, 1.54) is 0 Å². The number of halogens is 8. The average Bonchev–Trinajstić information content (AvgIpc) is 2.58. The van der Waals surface area contributed by atoms with Crippen molar-refractivity contribution in [1.29, 1.82) is 0 Å². The molecule has 5 nitrogen and oxygen atoms in total. The molecule has 2 aromatic carbocycles. The highest BCUT2D eigenvalue weighted by atomic mass is 32.5. The van der Waals surface area contributed by atoms with E-state index in [1.54, 1.807) is 0 Å². The van der Waals surface area contributed by atoms with Crippen LogP contribution in [0, 0.1) is 0 Å². The number of anilines is 1. The number of benzene rings is 2. The number of hydrogen-bond acceptors (Lipinski definition) is 4. The lowest BCUT2D eigenvalue weighted by Crippen LogP contribution is -2.46. The Morgan fingerprint density at radius 3 is 1.94 bits per heavy atom. The summed E-state index contributed by atoms with van der Waals surface area (Å²) < 4.78 is 128. The second-order valence-electron chi connectivity index (χ2n) is 6.97. The van der Waals surface area contributed by atoms with Gasteiger partial charge in [-0.15, -0.1) is 0 Å². The minimum absolute atomic E-state index is 0.0256. The number of aliphatic hydroxyl groups is 1. The summed E-state index contributed by atoms with van der Waals surface area (Å²) in [4.78, 5) is 8.78. The van der Waals surface area contributed by atoms with Gasteiger partial charge in [0.05, 0.1) is 16.2 Å². The lowest BCUT2D eigenvalue weighted by atomic mass is 10.1. The predicted molar refractivity (Wildman–Crippen MR) is 101 cm³/mol. The normalized spacial score (nSPS) is 17.1. The van der Waals surface area contributed by atoms with Crippen LogP contribution in [0.5, 0.6) is 0 Å².